The molecular formula is C13H26N2O3. The Hall–Kier alpha value is -1.26. The van der Waals surface area contributed by atoms with E-state index < -0.39 is 5.97 Å². The molecule has 0 aromatic heterocycles. The van der Waals surface area contributed by atoms with E-state index in [4.69, 9.17) is 5.11 Å². The van der Waals surface area contributed by atoms with Crippen LogP contribution in [0.25, 0.3) is 0 Å². The zero-order valence-electron chi connectivity index (χ0n) is 12.0. The van der Waals surface area contributed by atoms with Crippen molar-refractivity contribution >= 4 is 12.0 Å². The van der Waals surface area contributed by atoms with Crippen LogP contribution in [-0.4, -0.2) is 29.7 Å². The van der Waals surface area contributed by atoms with Gasteiger partial charge < -0.3 is 15.7 Å². The average molecular weight is 258 g/mol. The number of aliphatic carboxylic acids is 1. The Balaban J connectivity index is 4.31. The number of carbonyl (C=O) groups excluding carboxylic acids is 1. The summed E-state index contributed by atoms with van der Waals surface area (Å²) in [5, 5.41) is 14.3. The van der Waals surface area contributed by atoms with E-state index in [-0.39, 0.29) is 23.9 Å². The van der Waals surface area contributed by atoms with Crippen molar-refractivity contribution in [2.24, 2.45) is 11.3 Å². The molecule has 2 amide bonds. The third-order valence-electron chi connectivity index (χ3n) is 2.29. The molecule has 0 saturated heterocycles. The van der Waals surface area contributed by atoms with E-state index in [0.29, 0.717) is 18.9 Å². The van der Waals surface area contributed by atoms with E-state index >= 15 is 0 Å². The lowest BCUT2D eigenvalue weighted by atomic mass is 9.87. The third-order valence-corrected chi connectivity index (χ3v) is 2.29. The molecule has 1 unspecified atom stereocenters. The van der Waals surface area contributed by atoms with Gasteiger partial charge in [-0.15, -0.1) is 0 Å². The average Bonchev–Trinajstić information content (AvgIpc) is 2.10. The molecule has 0 aromatic carbocycles. The van der Waals surface area contributed by atoms with Crippen molar-refractivity contribution in [3.63, 3.8) is 0 Å². The number of carboxylic acid groups (broad SMARTS) is 1. The maximum absolute atomic E-state index is 11.6. The van der Waals surface area contributed by atoms with Crippen LogP contribution in [0.2, 0.25) is 0 Å². The molecule has 0 radical (unpaired) electrons. The van der Waals surface area contributed by atoms with Gasteiger partial charge in [0.1, 0.15) is 0 Å². The van der Waals surface area contributed by atoms with Crippen LogP contribution in [0, 0.1) is 11.3 Å². The lowest BCUT2D eigenvalue weighted by Gasteiger charge is -2.26. The number of amides is 2. The van der Waals surface area contributed by atoms with Crippen molar-refractivity contribution in [2.45, 2.75) is 53.5 Å². The van der Waals surface area contributed by atoms with Crippen molar-refractivity contribution in [3.8, 4) is 0 Å². The second-order valence-electron chi connectivity index (χ2n) is 6.31. The Morgan fingerprint density at radius 1 is 1.22 bits per heavy atom. The molecule has 18 heavy (non-hydrogen) atoms. The van der Waals surface area contributed by atoms with Gasteiger partial charge in [0.15, 0.2) is 0 Å². The highest BCUT2D eigenvalue weighted by atomic mass is 16.4. The molecule has 3 N–H and O–H groups in total. The highest BCUT2D eigenvalue weighted by molar-refractivity contribution is 5.75. The summed E-state index contributed by atoms with van der Waals surface area (Å²) < 4.78 is 0. The standard InChI is InChI=1S/C13H26N2O3/c1-9(2)8-14-12(18)15-10(6-11(16)17)7-13(3,4)5/h9-10H,6-8H2,1-5H3,(H,16,17)(H2,14,15,18). The highest BCUT2D eigenvalue weighted by Gasteiger charge is 2.22. The number of hydrogen-bond acceptors (Lipinski definition) is 2. The van der Waals surface area contributed by atoms with Crippen LogP contribution in [0.15, 0.2) is 0 Å². The first-order valence-corrected chi connectivity index (χ1v) is 6.36. The van der Waals surface area contributed by atoms with Crippen LogP contribution >= 0.6 is 0 Å². The summed E-state index contributed by atoms with van der Waals surface area (Å²) in [7, 11) is 0. The molecule has 0 spiro atoms. The molecule has 5 heteroatoms. The molecule has 5 nitrogen and oxygen atoms in total. The van der Waals surface area contributed by atoms with Gasteiger partial charge in [0.2, 0.25) is 0 Å². The van der Waals surface area contributed by atoms with E-state index in [0.717, 1.165) is 0 Å². The maximum atomic E-state index is 11.6. The molecule has 1 atom stereocenters. The van der Waals surface area contributed by atoms with Crippen LogP contribution in [-0.2, 0) is 4.79 Å². The van der Waals surface area contributed by atoms with Gasteiger partial charge in [-0.3, -0.25) is 4.79 Å². The van der Waals surface area contributed by atoms with Crippen LogP contribution < -0.4 is 10.6 Å². The van der Waals surface area contributed by atoms with E-state index in [1.165, 1.54) is 0 Å². The smallest absolute Gasteiger partial charge is 0.315 e. The van der Waals surface area contributed by atoms with Crippen LogP contribution in [0.4, 0.5) is 4.79 Å². The van der Waals surface area contributed by atoms with Crippen LogP contribution in [0.1, 0.15) is 47.5 Å². The SMILES string of the molecule is CC(C)CNC(=O)NC(CC(=O)O)CC(C)(C)C. The van der Waals surface area contributed by atoms with Gasteiger partial charge in [-0.2, -0.15) is 0 Å². The fourth-order valence-electron chi connectivity index (χ4n) is 1.66. The Morgan fingerprint density at radius 2 is 1.78 bits per heavy atom. The van der Waals surface area contributed by atoms with E-state index in [2.05, 4.69) is 10.6 Å². The molecular weight excluding hydrogens is 232 g/mol. The Labute approximate surface area is 109 Å². The Morgan fingerprint density at radius 3 is 2.17 bits per heavy atom. The highest BCUT2D eigenvalue weighted by Crippen LogP contribution is 2.22. The fraction of sp³-hybridized carbons (Fsp3) is 0.846. The Bertz CT molecular complexity index is 282. The van der Waals surface area contributed by atoms with Crippen LogP contribution in [0.5, 0.6) is 0 Å². The van der Waals surface area contributed by atoms with E-state index in [1.54, 1.807) is 0 Å². The summed E-state index contributed by atoms with van der Waals surface area (Å²) in [5.41, 5.74) is -0.0224. The summed E-state index contributed by atoms with van der Waals surface area (Å²) in [6.45, 7) is 10.7. The van der Waals surface area contributed by atoms with E-state index in [9.17, 15) is 9.59 Å². The molecule has 0 aliphatic carbocycles. The Kier molecular flexibility index (Phi) is 6.73. The van der Waals surface area contributed by atoms with Crippen molar-refractivity contribution in [1.82, 2.24) is 10.6 Å². The van der Waals surface area contributed by atoms with Gasteiger partial charge in [-0.05, 0) is 17.8 Å². The molecule has 0 heterocycles. The first kappa shape index (κ1) is 16.7. The molecule has 0 aliphatic heterocycles. The lowest BCUT2D eigenvalue weighted by molar-refractivity contribution is -0.137. The summed E-state index contributed by atoms with van der Waals surface area (Å²) in [4.78, 5) is 22.4. The number of carbonyl (C=O) groups is 2. The molecule has 0 saturated carbocycles. The van der Waals surface area contributed by atoms with Gasteiger partial charge in [-0.25, -0.2) is 4.79 Å². The minimum absolute atomic E-state index is 0.0224. The second kappa shape index (κ2) is 7.24. The molecule has 0 aliphatic rings. The number of carboxylic acids is 1. The molecule has 0 bridgehead atoms. The molecule has 0 rings (SSSR count). The zero-order valence-corrected chi connectivity index (χ0v) is 12.0. The largest absolute Gasteiger partial charge is 0.481 e. The molecule has 0 aromatic rings. The maximum Gasteiger partial charge on any atom is 0.315 e. The summed E-state index contributed by atoms with van der Waals surface area (Å²) in [5.74, 6) is -0.523. The minimum atomic E-state index is -0.895. The van der Waals surface area contributed by atoms with E-state index in [1.807, 2.05) is 34.6 Å². The summed E-state index contributed by atoms with van der Waals surface area (Å²) in [6.07, 6.45) is 0.584. The topological polar surface area (TPSA) is 78.4 Å². The van der Waals surface area contributed by atoms with Crippen molar-refractivity contribution in [1.29, 1.82) is 0 Å². The third kappa shape index (κ3) is 9.93. The number of rotatable bonds is 6. The minimum Gasteiger partial charge on any atom is -0.481 e. The monoisotopic (exact) mass is 258 g/mol. The lowest BCUT2D eigenvalue weighted by Crippen LogP contribution is -2.45. The predicted octanol–water partition coefficient (Wildman–Crippen LogP) is 2.22. The second-order valence-corrected chi connectivity index (χ2v) is 6.31. The molecule has 106 valence electrons. The van der Waals surface area contributed by atoms with Gasteiger partial charge in [0.05, 0.1) is 6.42 Å². The fourth-order valence-corrected chi connectivity index (χ4v) is 1.66. The van der Waals surface area contributed by atoms with Gasteiger partial charge in [0.25, 0.3) is 0 Å². The van der Waals surface area contributed by atoms with Crippen molar-refractivity contribution in [2.75, 3.05) is 6.54 Å². The van der Waals surface area contributed by atoms with Gasteiger partial charge in [0, 0.05) is 12.6 Å². The van der Waals surface area contributed by atoms with Crippen molar-refractivity contribution in [3.05, 3.63) is 0 Å². The number of urea groups is 1. The summed E-state index contributed by atoms with van der Waals surface area (Å²) >= 11 is 0. The number of hydrogen-bond donors (Lipinski definition) is 3. The first-order valence-electron chi connectivity index (χ1n) is 6.36. The normalized spacial score (nSPS) is 13.2. The molecule has 0 fully saturated rings. The number of nitrogens with one attached hydrogen (secondary N) is 2. The van der Waals surface area contributed by atoms with Gasteiger partial charge in [-0.1, -0.05) is 34.6 Å². The van der Waals surface area contributed by atoms with Crippen LogP contribution in [0.3, 0.4) is 0 Å². The summed E-state index contributed by atoms with van der Waals surface area (Å²) in [6, 6.07) is -0.631. The van der Waals surface area contributed by atoms with Crippen molar-refractivity contribution < 1.29 is 14.7 Å². The van der Waals surface area contributed by atoms with Gasteiger partial charge >= 0.3 is 12.0 Å². The first-order chi connectivity index (χ1) is 8.10. The predicted molar refractivity (Wildman–Crippen MR) is 71.5 cm³/mol. The quantitative estimate of drug-likeness (QED) is 0.683. The zero-order chi connectivity index (χ0) is 14.3.